The highest BCUT2D eigenvalue weighted by Gasteiger charge is 2.14. The third-order valence-corrected chi connectivity index (χ3v) is 2.31. The Morgan fingerprint density at radius 3 is 2.69 bits per heavy atom. The Bertz CT molecular complexity index is 385. The second kappa shape index (κ2) is 5.94. The van der Waals surface area contributed by atoms with Crippen molar-refractivity contribution in [2.45, 2.75) is 13.0 Å². The third kappa shape index (κ3) is 3.56. The number of hydrogen-bond acceptors (Lipinski definition) is 4. The lowest BCUT2D eigenvalue weighted by Gasteiger charge is -2.16. The average molecular weight is 263 g/mol. The predicted octanol–water partition coefficient (Wildman–Crippen LogP) is 2.89. The summed E-state index contributed by atoms with van der Waals surface area (Å²) < 4.78 is 5.43. The van der Waals surface area contributed by atoms with Crippen molar-refractivity contribution in [2.75, 3.05) is 7.05 Å². The van der Waals surface area contributed by atoms with Crippen LogP contribution in [0.2, 0.25) is 10.0 Å². The first-order valence-corrected chi connectivity index (χ1v) is 5.34. The molecule has 0 spiro atoms. The van der Waals surface area contributed by atoms with Crippen molar-refractivity contribution in [1.29, 1.82) is 5.41 Å². The highest BCUT2D eigenvalue weighted by molar-refractivity contribution is 6.35. The average Bonchev–Trinajstić information content (AvgIpc) is 2.22. The zero-order chi connectivity index (χ0) is 12.1. The van der Waals surface area contributed by atoms with Crippen LogP contribution in [-0.4, -0.2) is 19.0 Å². The van der Waals surface area contributed by atoms with Crippen molar-refractivity contribution in [1.82, 2.24) is 5.48 Å². The first-order valence-electron chi connectivity index (χ1n) is 4.58. The molecule has 0 saturated heterocycles. The summed E-state index contributed by atoms with van der Waals surface area (Å²) in [6, 6.07) is 4.89. The molecule has 0 aliphatic heterocycles. The zero-order valence-electron chi connectivity index (χ0n) is 8.88. The quantitative estimate of drug-likeness (QED) is 0.499. The fraction of sp³-hybridized carbons (Fsp3) is 0.300. The Morgan fingerprint density at radius 1 is 1.44 bits per heavy atom. The summed E-state index contributed by atoms with van der Waals surface area (Å²) in [5.41, 5.74) is 2.40. The predicted molar refractivity (Wildman–Crippen MR) is 64.4 cm³/mol. The van der Waals surface area contributed by atoms with E-state index in [0.29, 0.717) is 15.8 Å². The molecule has 1 rings (SSSR count). The van der Waals surface area contributed by atoms with Crippen LogP contribution in [0.1, 0.15) is 6.92 Å². The number of hydrogen-bond donors (Lipinski definition) is 2. The van der Waals surface area contributed by atoms with Gasteiger partial charge in [0.1, 0.15) is 5.75 Å². The van der Waals surface area contributed by atoms with E-state index in [4.69, 9.17) is 38.2 Å². The highest BCUT2D eigenvalue weighted by Crippen LogP contribution is 2.28. The SMILES string of the molecule is CNOC(=N)C(C)Oc1ccc(Cl)cc1Cl. The molecular formula is C10H12Cl2N2O2. The molecule has 1 aromatic rings. The van der Waals surface area contributed by atoms with Crippen molar-refractivity contribution < 1.29 is 9.57 Å². The van der Waals surface area contributed by atoms with Gasteiger partial charge in [-0.05, 0) is 25.1 Å². The van der Waals surface area contributed by atoms with Crippen LogP contribution >= 0.6 is 23.2 Å². The Balaban J connectivity index is 2.69. The van der Waals surface area contributed by atoms with Gasteiger partial charge in [-0.3, -0.25) is 5.41 Å². The van der Waals surface area contributed by atoms with Crippen molar-refractivity contribution in [2.24, 2.45) is 0 Å². The molecule has 0 bridgehead atoms. The van der Waals surface area contributed by atoms with Crippen LogP contribution in [0.25, 0.3) is 0 Å². The molecule has 0 aliphatic rings. The van der Waals surface area contributed by atoms with E-state index in [1.165, 1.54) is 0 Å². The van der Waals surface area contributed by atoms with Gasteiger partial charge in [-0.1, -0.05) is 23.2 Å². The molecule has 1 atom stereocenters. The second-order valence-electron chi connectivity index (χ2n) is 3.01. The summed E-state index contributed by atoms with van der Waals surface area (Å²) in [6.07, 6.45) is -0.536. The number of benzene rings is 1. The summed E-state index contributed by atoms with van der Waals surface area (Å²) in [5.74, 6) is 0.427. The smallest absolute Gasteiger partial charge is 0.247 e. The number of halogens is 2. The Morgan fingerprint density at radius 2 is 2.12 bits per heavy atom. The van der Waals surface area contributed by atoms with Crippen LogP contribution in [0.5, 0.6) is 5.75 Å². The maximum Gasteiger partial charge on any atom is 0.247 e. The van der Waals surface area contributed by atoms with Crippen LogP contribution in [0.4, 0.5) is 0 Å². The lowest BCUT2D eigenvalue weighted by atomic mass is 10.3. The van der Waals surface area contributed by atoms with E-state index in [-0.39, 0.29) is 5.90 Å². The molecule has 1 aromatic carbocycles. The molecular weight excluding hydrogens is 251 g/mol. The van der Waals surface area contributed by atoms with E-state index in [0.717, 1.165) is 0 Å². The van der Waals surface area contributed by atoms with Crippen LogP contribution in [-0.2, 0) is 4.84 Å². The molecule has 0 aliphatic carbocycles. The molecule has 0 saturated carbocycles. The summed E-state index contributed by atoms with van der Waals surface area (Å²) in [7, 11) is 1.57. The van der Waals surface area contributed by atoms with Crippen molar-refractivity contribution >= 4 is 29.1 Å². The lowest BCUT2D eigenvalue weighted by Crippen LogP contribution is -2.29. The molecule has 0 heterocycles. The Labute approximate surface area is 104 Å². The molecule has 1 unspecified atom stereocenters. The first-order chi connectivity index (χ1) is 7.54. The van der Waals surface area contributed by atoms with Gasteiger partial charge in [0.2, 0.25) is 5.90 Å². The van der Waals surface area contributed by atoms with E-state index in [9.17, 15) is 0 Å². The standard InChI is InChI=1S/C10H12Cl2N2O2/c1-6(10(13)16-14-2)15-9-4-3-7(11)5-8(9)12/h3-6,13-14H,1-2H3. The molecule has 4 nitrogen and oxygen atoms in total. The van der Waals surface area contributed by atoms with Gasteiger partial charge in [0.15, 0.2) is 6.10 Å². The number of nitrogens with one attached hydrogen (secondary N) is 2. The van der Waals surface area contributed by atoms with Gasteiger partial charge in [0, 0.05) is 12.1 Å². The summed E-state index contributed by atoms with van der Waals surface area (Å²) in [5, 5.41) is 8.41. The molecule has 0 amide bonds. The van der Waals surface area contributed by atoms with E-state index < -0.39 is 6.10 Å². The van der Waals surface area contributed by atoms with Gasteiger partial charge in [-0.25, -0.2) is 0 Å². The van der Waals surface area contributed by atoms with Gasteiger partial charge in [-0.2, -0.15) is 5.48 Å². The monoisotopic (exact) mass is 262 g/mol. The van der Waals surface area contributed by atoms with Crippen molar-refractivity contribution in [3.8, 4) is 5.75 Å². The Hall–Kier alpha value is -0.970. The van der Waals surface area contributed by atoms with E-state index >= 15 is 0 Å². The minimum absolute atomic E-state index is 0.0338. The maximum atomic E-state index is 7.48. The fourth-order valence-electron chi connectivity index (χ4n) is 1.01. The highest BCUT2D eigenvalue weighted by atomic mass is 35.5. The van der Waals surface area contributed by atoms with Gasteiger partial charge in [0.25, 0.3) is 0 Å². The van der Waals surface area contributed by atoms with Crippen molar-refractivity contribution in [3.05, 3.63) is 28.2 Å². The van der Waals surface area contributed by atoms with Crippen LogP contribution < -0.4 is 10.2 Å². The molecule has 2 N–H and O–H groups in total. The van der Waals surface area contributed by atoms with Crippen molar-refractivity contribution in [3.63, 3.8) is 0 Å². The molecule has 16 heavy (non-hydrogen) atoms. The summed E-state index contributed by atoms with van der Waals surface area (Å²) >= 11 is 11.7. The molecule has 6 heteroatoms. The normalized spacial score (nSPS) is 12.0. The largest absolute Gasteiger partial charge is 0.479 e. The first kappa shape index (κ1) is 13.1. The minimum Gasteiger partial charge on any atom is -0.479 e. The van der Waals surface area contributed by atoms with Gasteiger partial charge >= 0.3 is 0 Å². The van der Waals surface area contributed by atoms with E-state index in [1.807, 2.05) is 0 Å². The Kier molecular flexibility index (Phi) is 4.86. The molecule has 0 fully saturated rings. The second-order valence-corrected chi connectivity index (χ2v) is 3.85. The maximum absolute atomic E-state index is 7.48. The fourth-order valence-corrected chi connectivity index (χ4v) is 1.46. The molecule has 88 valence electrons. The third-order valence-electron chi connectivity index (χ3n) is 1.78. The number of hydroxylamine groups is 1. The topological polar surface area (TPSA) is 54.3 Å². The lowest BCUT2D eigenvalue weighted by molar-refractivity contribution is 0.159. The zero-order valence-corrected chi connectivity index (χ0v) is 10.4. The number of rotatable bonds is 4. The molecule has 0 radical (unpaired) electrons. The van der Waals surface area contributed by atoms with Crippen LogP contribution in [0.3, 0.4) is 0 Å². The van der Waals surface area contributed by atoms with E-state index in [1.54, 1.807) is 32.2 Å². The van der Waals surface area contributed by atoms with Gasteiger partial charge < -0.3 is 9.57 Å². The minimum atomic E-state index is -0.536. The number of ether oxygens (including phenoxy) is 1. The summed E-state index contributed by atoms with van der Waals surface area (Å²) in [4.78, 5) is 4.78. The van der Waals surface area contributed by atoms with Gasteiger partial charge in [0.05, 0.1) is 5.02 Å². The molecule has 0 aromatic heterocycles. The summed E-state index contributed by atoms with van der Waals surface area (Å²) in [6.45, 7) is 1.69. The van der Waals surface area contributed by atoms with E-state index in [2.05, 4.69) is 5.48 Å². The van der Waals surface area contributed by atoms with Crippen LogP contribution in [0.15, 0.2) is 18.2 Å². The van der Waals surface area contributed by atoms with Crippen LogP contribution in [0, 0.1) is 5.41 Å². The van der Waals surface area contributed by atoms with Gasteiger partial charge in [-0.15, -0.1) is 0 Å².